The first-order valence-corrected chi connectivity index (χ1v) is 16.0. The molecule has 5 rings (SSSR count). The molecule has 1 aliphatic rings. The van der Waals surface area contributed by atoms with Crippen LogP contribution >= 0.6 is 11.6 Å². The van der Waals surface area contributed by atoms with Gasteiger partial charge in [-0.1, -0.05) is 53.6 Å². The van der Waals surface area contributed by atoms with E-state index in [2.05, 4.69) is 26.1 Å². The topological polar surface area (TPSA) is 156 Å². The van der Waals surface area contributed by atoms with Gasteiger partial charge in [-0.3, -0.25) is 4.28 Å². The van der Waals surface area contributed by atoms with E-state index in [9.17, 15) is 21.2 Å². The zero-order valence-electron chi connectivity index (χ0n) is 22.2. The molecular weight excluding hydrogens is 611 g/mol. The summed E-state index contributed by atoms with van der Waals surface area (Å²) in [5.41, 5.74) is 2.56. The fraction of sp³-hybridized carbons (Fsp3) is 0.192. The zero-order chi connectivity index (χ0) is 30.1. The maximum Gasteiger partial charge on any atom is 0.358 e. The van der Waals surface area contributed by atoms with Gasteiger partial charge in [0.25, 0.3) is 0 Å². The molecule has 1 unspecified atom stereocenters. The number of hydrogen-bond acceptors (Lipinski definition) is 10. The molecule has 1 atom stereocenters. The predicted molar refractivity (Wildman–Crippen MR) is 153 cm³/mol. The Morgan fingerprint density at radius 1 is 1.10 bits per heavy atom. The number of benzene rings is 3. The van der Waals surface area contributed by atoms with Crippen LogP contribution in [0.5, 0.6) is 0 Å². The Bertz CT molecular complexity index is 1870. The van der Waals surface area contributed by atoms with Crippen molar-refractivity contribution < 1.29 is 30.1 Å². The number of anilines is 2. The minimum Gasteiger partial charge on any atom is -0.357 e. The lowest BCUT2D eigenvalue weighted by molar-refractivity contribution is 0.306. The van der Waals surface area contributed by atoms with Crippen molar-refractivity contribution >= 4 is 49.1 Å². The summed E-state index contributed by atoms with van der Waals surface area (Å²) >= 11 is 5.93. The summed E-state index contributed by atoms with van der Waals surface area (Å²) in [7, 11) is -7.90. The molecule has 0 amide bonds. The van der Waals surface area contributed by atoms with Gasteiger partial charge in [0.2, 0.25) is 21.7 Å². The van der Waals surface area contributed by atoms with Crippen molar-refractivity contribution in [1.82, 2.24) is 14.6 Å². The van der Waals surface area contributed by atoms with Crippen molar-refractivity contribution in [1.29, 1.82) is 0 Å². The first-order valence-electron chi connectivity index (χ1n) is 12.3. The van der Waals surface area contributed by atoms with E-state index in [1.54, 1.807) is 25.1 Å². The molecule has 0 fully saturated rings. The van der Waals surface area contributed by atoms with Crippen molar-refractivity contribution in [3.05, 3.63) is 100.0 Å². The number of amidine groups is 1. The lowest BCUT2D eigenvalue weighted by Crippen LogP contribution is -2.40. The van der Waals surface area contributed by atoms with Gasteiger partial charge in [0.1, 0.15) is 10.7 Å². The smallest absolute Gasteiger partial charge is 0.357 e. The second kappa shape index (κ2) is 11.7. The molecule has 1 aromatic heterocycles. The largest absolute Gasteiger partial charge is 0.358 e. The van der Waals surface area contributed by atoms with E-state index in [0.717, 1.165) is 29.0 Å². The number of rotatable bonds is 8. The van der Waals surface area contributed by atoms with E-state index < -0.39 is 32.0 Å². The summed E-state index contributed by atoms with van der Waals surface area (Å²) < 4.78 is 75.6. The highest BCUT2D eigenvalue weighted by atomic mass is 35.5. The van der Waals surface area contributed by atoms with E-state index in [1.807, 2.05) is 18.2 Å². The molecule has 0 saturated carbocycles. The molecule has 16 heteroatoms. The molecule has 0 saturated heterocycles. The molecule has 42 heavy (non-hydrogen) atoms. The SMILES string of the molecule is Cc1ccc(S(=O)(=O)O/N=C(\Nc2ccc(F)c(Cl)c2)c2nonc2NC2CN(S(C)(=O)=O)Cc3ccccc32)cc1. The monoisotopic (exact) mass is 634 g/mol. The van der Waals surface area contributed by atoms with Crippen LogP contribution < -0.4 is 10.6 Å². The third-order valence-electron chi connectivity index (χ3n) is 6.37. The maximum absolute atomic E-state index is 13.8. The fourth-order valence-electron chi connectivity index (χ4n) is 4.22. The Kier molecular flexibility index (Phi) is 8.19. The standard InChI is InChI=1S/C26H24ClFN6O6S2/c1-16-7-10-19(11-8-16)42(37,38)40-33-25(29-18-9-12-22(28)21(27)13-18)24-26(32-39-31-24)30-23-15-34(41(2,35)36)14-17-5-3-4-6-20(17)23/h3-13,23H,14-15H2,1-2H3,(H,29,33)(H,30,32). The minimum absolute atomic E-state index is 0.000876. The number of aromatic nitrogens is 2. The molecule has 0 aliphatic carbocycles. The van der Waals surface area contributed by atoms with Gasteiger partial charge < -0.3 is 10.6 Å². The summed E-state index contributed by atoms with van der Waals surface area (Å²) in [6.45, 7) is 2.06. The average molecular weight is 635 g/mol. The maximum atomic E-state index is 13.8. The van der Waals surface area contributed by atoms with Gasteiger partial charge in [-0.05, 0) is 63.9 Å². The Balaban J connectivity index is 1.51. The molecule has 0 spiro atoms. The number of aryl methyl sites for hydroxylation is 1. The third-order valence-corrected chi connectivity index (χ3v) is 9.00. The fourth-order valence-corrected chi connectivity index (χ4v) is 5.93. The van der Waals surface area contributed by atoms with Gasteiger partial charge in [-0.2, -0.15) is 12.7 Å². The van der Waals surface area contributed by atoms with Crippen LogP contribution in [0.3, 0.4) is 0 Å². The molecule has 4 aromatic rings. The van der Waals surface area contributed by atoms with Crippen LogP contribution in [0.25, 0.3) is 0 Å². The molecular formula is C26H24ClFN6O6S2. The number of oxime groups is 1. The molecule has 3 aromatic carbocycles. The highest BCUT2D eigenvalue weighted by Gasteiger charge is 2.32. The molecule has 0 radical (unpaired) electrons. The van der Waals surface area contributed by atoms with Crippen molar-refractivity contribution in [3.8, 4) is 0 Å². The summed E-state index contributed by atoms with van der Waals surface area (Å²) in [6.07, 6.45) is 1.12. The Morgan fingerprint density at radius 2 is 1.83 bits per heavy atom. The summed E-state index contributed by atoms with van der Waals surface area (Å²) in [5, 5.41) is 17.3. The summed E-state index contributed by atoms with van der Waals surface area (Å²) in [6, 6.07) is 16.3. The van der Waals surface area contributed by atoms with E-state index in [0.29, 0.717) is 0 Å². The molecule has 2 heterocycles. The predicted octanol–water partition coefficient (Wildman–Crippen LogP) is 4.28. The zero-order valence-corrected chi connectivity index (χ0v) is 24.5. The van der Waals surface area contributed by atoms with Crippen LogP contribution in [0.15, 0.2) is 81.4 Å². The quantitative estimate of drug-likeness (QED) is 0.163. The normalized spacial score (nSPS) is 16.1. The molecule has 1 aliphatic heterocycles. The van der Waals surface area contributed by atoms with Crippen molar-refractivity contribution in [2.24, 2.45) is 5.16 Å². The number of nitrogens with zero attached hydrogens (tertiary/aromatic N) is 4. The first kappa shape index (κ1) is 29.4. The minimum atomic E-state index is -4.36. The number of halogens is 2. The lowest BCUT2D eigenvalue weighted by Gasteiger charge is -2.33. The van der Waals surface area contributed by atoms with Crippen LogP contribution in [-0.2, 0) is 31.0 Å². The molecule has 12 nitrogen and oxygen atoms in total. The van der Waals surface area contributed by atoms with Gasteiger partial charge in [-0.15, -0.1) is 0 Å². The van der Waals surface area contributed by atoms with Crippen LogP contribution in [0.2, 0.25) is 5.02 Å². The van der Waals surface area contributed by atoms with E-state index >= 15 is 0 Å². The number of hydrogen-bond donors (Lipinski definition) is 2. The average Bonchev–Trinajstić information content (AvgIpc) is 3.40. The van der Waals surface area contributed by atoms with Crippen molar-refractivity contribution in [3.63, 3.8) is 0 Å². The molecule has 0 bridgehead atoms. The van der Waals surface area contributed by atoms with Crippen LogP contribution in [0.1, 0.15) is 28.4 Å². The summed E-state index contributed by atoms with van der Waals surface area (Å²) in [4.78, 5) is -0.141. The van der Waals surface area contributed by atoms with E-state index in [-0.39, 0.29) is 46.0 Å². The van der Waals surface area contributed by atoms with Crippen LogP contribution in [-0.4, -0.2) is 50.1 Å². The second-order valence-electron chi connectivity index (χ2n) is 9.45. The third kappa shape index (κ3) is 6.54. The van der Waals surface area contributed by atoms with Gasteiger partial charge in [-0.25, -0.2) is 17.4 Å². The Morgan fingerprint density at radius 3 is 2.55 bits per heavy atom. The van der Waals surface area contributed by atoms with Crippen molar-refractivity contribution in [2.75, 3.05) is 23.4 Å². The highest BCUT2D eigenvalue weighted by Crippen LogP contribution is 2.31. The Labute approximate surface area is 246 Å². The van der Waals surface area contributed by atoms with Gasteiger partial charge in [0, 0.05) is 18.8 Å². The van der Waals surface area contributed by atoms with Crippen LogP contribution in [0.4, 0.5) is 15.9 Å². The first-order chi connectivity index (χ1) is 19.9. The van der Waals surface area contributed by atoms with E-state index in [1.165, 1.54) is 28.6 Å². The van der Waals surface area contributed by atoms with Crippen LogP contribution in [0, 0.1) is 12.7 Å². The second-order valence-corrected chi connectivity index (χ2v) is 13.4. The Hall–Kier alpha value is -4.05. The van der Waals surface area contributed by atoms with E-state index in [4.69, 9.17) is 20.5 Å². The number of fused-ring (bicyclic) bond motifs is 1. The number of sulfonamides is 1. The molecule has 2 N–H and O–H groups in total. The number of nitrogens with one attached hydrogen (secondary N) is 2. The highest BCUT2D eigenvalue weighted by molar-refractivity contribution is 7.88. The van der Waals surface area contributed by atoms with Crippen molar-refractivity contribution in [2.45, 2.75) is 24.4 Å². The van der Waals surface area contributed by atoms with Gasteiger partial charge in [0.05, 0.1) is 17.3 Å². The summed E-state index contributed by atoms with van der Waals surface area (Å²) in [5.74, 6) is -0.946. The van der Waals surface area contributed by atoms with Gasteiger partial charge >= 0.3 is 10.1 Å². The lowest BCUT2D eigenvalue weighted by atomic mass is 9.96. The van der Waals surface area contributed by atoms with Gasteiger partial charge in [0.15, 0.2) is 5.69 Å². The molecule has 220 valence electrons.